The molecule has 0 N–H and O–H groups in total. The van der Waals surface area contributed by atoms with Crippen molar-refractivity contribution in [3.63, 3.8) is 0 Å². The molecular formula is C58H100O4. The molecule has 4 aromatic rings. The maximum absolute atomic E-state index is 4.89. The topological polar surface area (TPSA) is 36.9 Å². The Labute approximate surface area is 387 Å². The van der Waals surface area contributed by atoms with E-state index in [0.29, 0.717) is 0 Å². The summed E-state index contributed by atoms with van der Waals surface area (Å²) in [6, 6.07) is 42.3. The fourth-order valence-corrected chi connectivity index (χ4v) is 5.40. The molecule has 0 aliphatic heterocycles. The fourth-order valence-electron chi connectivity index (χ4n) is 5.40. The second-order valence-corrected chi connectivity index (χ2v) is 15.0. The Balaban J connectivity index is -0.000000312. The quantitative estimate of drug-likeness (QED) is 0.0738. The molecule has 0 saturated heterocycles. The van der Waals surface area contributed by atoms with Crippen molar-refractivity contribution >= 4 is 0 Å². The van der Waals surface area contributed by atoms with Crippen molar-refractivity contribution in [1.29, 1.82) is 0 Å². The minimum atomic E-state index is 0.889. The van der Waals surface area contributed by atoms with Crippen molar-refractivity contribution in [2.24, 2.45) is 0 Å². The van der Waals surface area contributed by atoms with E-state index in [-0.39, 0.29) is 0 Å². The molecule has 4 heteroatoms. The van der Waals surface area contributed by atoms with Gasteiger partial charge in [0.25, 0.3) is 0 Å². The van der Waals surface area contributed by atoms with Crippen molar-refractivity contribution in [3.05, 3.63) is 144 Å². The third kappa shape index (κ3) is 58.8. The zero-order valence-electron chi connectivity index (χ0n) is 42.7. The van der Waals surface area contributed by atoms with Gasteiger partial charge in [0.2, 0.25) is 0 Å². The SMILES string of the molecule is CCCCCCOC.CCCCCOC.CCCCOC.CCCOC.CCCc1ccccc1.CCCc1ccccc1.CCCc1ccccc1.CCCc1ccccc1. The van der Waals surface area contributed by atoms with E-state index in [1.54, 1.807) is 28.4 Å². The van der Waals surface area contributed by atoms with Crippen molar-refractivity contribution < 1.29 is 18.9 Å². The van der Waals surface area contributed by atoms with Crippen LogP contribution >= 0.6 is 0 Å². The van der Waals surface area contributed by atoms with Crippen molar-refractivity contribution in [2.45, 2.75) is 171 Å². The Morgan fingerprint density at radius 3 is 0.677 bits per heavy atom. The number of rotatable bonds is 22. The van der Waals surface area contributed by atoms with Crippen LogP contribution in [0.3, 0.4) is 0 Å². The molecule has 4 rings (SSSR count). The van der Waals surface area contributed by atoms with E-state index in [0.717, 1.165) is 32.8 Å². The molecule has 0 bridgehead atoms. The highest BCUT2D eigenvalue weighted by molar-refractivity contribution is 5.16. The first kappa shape index (κ1) is 65.3. The minimum absolute atomic E-state index is 0.889. The number of benzene rings is 4. The second kappa shape index (κ2) is 62.0. The van der Waals surface area contributed by atoms with Crippen LogP contribution in [0.4, 0.5) is 0 Å². The Bertz CT molecular complexity index is 1070. The van der Waals surface area contributed by atoms with Gasteiger partial charge in [-0.3, -0.25) is 0 Å². The molecule has 4 aromatic carbocycles. The van der Waals surface area contributed by atoms with E-state index >= 15 is 0 Å². The molecule has 0 aromatic heterocycles. The van der Waals surface area contributed by atoms with Gasteiger partial charge in [-0.2, -0.15) is 0 Å². The molecule has 0 unspecified atom stereocenters. The lowest BCUT2D eigenvalue weighted by Crippen LogP contribution is -1.86. The molecule has 0 aliphatic rings. The third-order valence-corrected chi connectivity index (χ3v) is 8.79. The van der Waals surface area contributed by atoms with Crippen LogP contribution in [-0.2, 0) is 44.6 Å². The van der Waals surface area contributed by atoms with Crippen LogP contribution in [0.2, 0.25) is 0 Å². The molecular weight excluding hydrogens is 761 g/mol. The number of ether oxygens (including phenoxy) is 4. The Morgan fingerprint density at radius 2 is 0.484 bits per heavy atom. The number of hydrogen-bond donors (Lipinski definition) is 0. The molecule has 4 nitrogen and oxygen atoms in total. The van der Waals surface area contributed by atoms with Gasteiger partial charge in [-0.05, 0) is 73.6 Å². The van der Waals surface area contributed by atoms with Gasteiger partial charge in [-0.1, -0.05) is 241 Å². The first-order valence-corrected chi connectivity index (χ1v) is 24.5. The highest BCUT2D eigenvalue weighted by atomic mass is 16.5. The zero-order chi connectivity index (χ0) is 46.8. The first-order chi connectivity index (χ1) is 30.4. The summed E-state index contributed by atoms with van der Waals surface area (Å²) in [5, 5.41) is 0. The van der Waals surface area contributed by atoms with Crippen LogP contribution in [0.1, 0.15) is 168 Å². The normalized spacial score (nSPS) is 9.35. The summed E-state index contributed by atoms with van der Waals surface area (Å²) in [5.41, 5.74) is 5.78. The predicted octanol–water partition coefficient (Wildman–Crippen LogP) is 17.1. The minimum Gasteiger partial charge on any atom is -0.385 e. The summed E-state index contributed by atoms with van der Waals surface area (Å²) >= 11 is 0. The highest BCUT2D eigenvalue weighted by Crippen LogP contribution is 2.03. The summed E-state index contributed by atoms with van der Waals surface area (Å²) in [6.07, 6.45) is 22.3. The molecule has 356 valence electrons. The molecule has 0 fully saturated rings. The van der Waals surface area contributed by atoms with Gasteiger partial charge in [0, 0.05) is 54.9 Å². The second-order valence-electron chi connectivity index (χ2n) is 15.0. The average Bonchev–Trinajstić information content (AvgIpc) is 3.31. The van der Waals surface area contributed by atoms with E-state index in [4.69, 9.17) is 18.9 Å². The third-order valence-electron chi connectivity index (χ3n) is 8.79. The first-order valence-electron chi connectivity index (χ1n) is 24.5. The molecule has 0 radical (unpaired) electrons. The summed E-state index contributed by atoms with van der Waals surface area (Å²) in [4.78, 5) is 0. The van der Waals surface area contributed by atoms with Crippen LogP contribution in [0, 0.1) is 0 Å². The summed E-state index contributed by atoms with van der Waals surface area (Å²) in [6.45, 7) is 21.1. The summed E-state index contributed by atoms with van der Waals surface area (Å²) < 4.78 is 19.2. The number of aryl methyl sites for hydroxylation is 4. The van der Waals surface area contributed by atoms with Crippen molar-refractivity contribution in [1.82, 2.24) is 0 Å². The number of hydrogen-bond acceptors (Lipinski definition) is 4. The van der Waals surface area contributed by atoms with Crippen LogP contribution in [0.5, 0.6) is 0 Å². The molecule has 62 heavy (non-hydrogen) atoms. The molecule has 0 aliphatic carbocycles. The lowest BCUT2D eigenvalue weighted by molar-refractivity contribution is 0.192. The van der Waals surface area contributed by atoms with Crippen molar-refractivity contribution in [2.75, 3.05) is 54.9 Å². The van der Waals surface area contributed by atoms with Crippen LogP contribution in [0.15, 0.2) is 121 Å². The van der Waals surface area contributed by atoms with Gasteiger partial charge in [0.1, 0.15) is 0 Å². The van der Waals surface area contributed by atoms with E-state index < -0.39 is 0 Å². The number of unbranched alkanes of at least 4 members (excludes halogenated alkanes) is 6. The lowest BCUT2D eigenvalue weighted by Gasteiger charge is -1.95. The van der Waals surface area contributed by atoms with Crippen LogP contribution in [-0.4, -0.2) is 54.9 Å². The molecule has 0 spiro atoms. The average molecular weight is 861 g/mol. The van der Waals surface area contributed by atoms with Gasteiger partial charge in [0.15, 0.2) is 0 Å². The smallest absolute Gasteiger partial charge is 0.0462 e. The summed E-state index contributed by atoms with van der Waals surface area (Å²) in [5.74, 6) is 0. The monoisotopic (exact) mass is 861 g/mol. The standard InChI is InChI=1S/4C9H12.C7H16O.C6H14O.C5H12O.C4H10O/c4*1-2-6-9-7-4-3-5-8-9;1-3-4-5-6-7-8-2;1-3-4-5-6-7-2;1-3-4-5-6-2;1-3-4-5-2/h4*3-5,7-8H,2,6H2,1H3;3-7H2,1-2H3;3-6H2,1-2H3;3-5H2,1-2H3;3-4H2,1-2H3. The summed E-state index contributed by atoms with van der Waals surface area (Å²) in [7, 11) is 6.95. The van der Waals surface area contributed by atoms with Crippen LogP contribution in [0.25, 0.3) is 0 Å². The lowest BCUT2D eigenvalue weighted by atomic mass is 10.1. The Morgan fingerprint density at radius 1 is 0.242 bits per heavy atom. The molecule has 0 amide bonds. The Hall–Kier alpha value is -3.28. The van der Waals surface area contributed by atoms with Gasteiger partial charge in [0.05, 0.1) is 0 Å². The molecule has 0 heterocycles. The van der Waals surface area contributed by atoms with E-state index in [1.807, 2.05) is 0 Å². The Kier molecular flexibility index (Phi) is 65.4. The maximum atomic E-state index is 4.89. The van der Waals surface area contributed by atoms with E-state index in [9.17, 15) is 0 Å². The number of methoxy groups -OCH3 is 4. The van der Waals surface area contributed by atoms with Gasteiger partial charge >= 0.3 is 0 Å². The van der Waals surface area contributed by atoms with E-state index in [2.05, 4.69) is 177 Å². The van der Waals surface area contributed by atoms with Gasteiger partial charge in [-0.15, -0.1) is 0 Å². The molecule has 0 atom stereocenters. The fraction of sp³-hybridized carbons (Fsp3) is 0.586. The largest absolute Gasteiger partial charge is 0.385 e. The van der Waals surface area contributed by atoms with Gasteiger partial charge < -0.3 is 18.9 Å². The zero-order valence-corrected chi connectivity index (χ0v) is 42.7. The van der Waals surface area contributed by atoms with Gasteiger partial charge in [-0.25, -0.2) is 0 Å². The van der Waals surface area contributed by atoms with Crippen molar-refractivity contribution in [3.8, 4) is 0 Å². The van der Waals surface area contributed by atoms with E-state index in [1.165, 1.54) is 131 Å². The van der Waals surface area contributed by atoms with Crippen LogP contribution < -0.4 is 0 Å². The molecule has 0 saturated carbocycles. The predicted molar refractivity (Wildman–Crippen MR) is 278 cm³/mol. The maximum Gasteiger partial charge on any atom is 0.0462 e. The highest BCUT2D eigenvalue weighted by Gasteiger charge is 1.88.